The summed E-state index contributed by atoms with van der Waals surface area (Å²) in [5, 5.41) is 0.298. The highest BCUT2D eigenvalue weighted by Gasteiger charge is 2.18. The minimum Gasteiger partial charge on any atom is -0.396 e. The van der Waals surface area contributed by atoms with Gasteiger partial charge in [-0.1, -0.05) is 29.3 Å². The van der Waals surface area contributed by atoms with Crippen LogP contribution in [0.25, 0.3) is 0 Å². The number of hydrogen-bond donors (Lipinski definition) is 2. The SMILES string of the molecule is Nc1cc(S(=O)(=O)Nc2c(Cl)cccc2Cl)ccc1F. The molecule has 0 saturated heterocycles. The van der Waals surface area contributed by atoms with E-state index in [2.05, 4.69) is 4.72 Å². The fourth-order valence-corrected chi connectivity index (χ4v) is 3.22. The molecule has 2 aromatic carbocycles. The van der Waals surface area contributed by atoms with Crippen LogP contribution >= 0.6 is 23.2 Å². The first-order valence-corrected chi connectivity index (χ1v) is 7.57. The zero-order valence-electron chi connectivity index (χ0n) is 9.90. The van der Waals surface area contributed by atoms with Crippen molar-refractivity contribution in [3.05, 3.63) is 52.3 Å². The van der Waals surface area contributed by atoms with Crippen LogP contribution in [-0.4, -0.2) is 8.42 Å². The highest BCUT2D eigenvalue weighted by molar-refractivity contribution is 7.92. The van der Waals surface area contributed by atoms with E-state index < -0.39 is 15.8 Å². The van der Waals surface area contributed by atoms with Crippen LogP contribution in [0.15, 0.2) is 41.3 Å². The number of anilines is 2. The fourth-order valence-electron chi connectivity index (χ4n) is 1.48. The molecule has 0 unspecified atom stereocenters. The summed E-state index contributed by atoms with van der Waals surface area (Å²) in [4.78, 5) is -0.188. The Morgan fingerprint density at radius 1 is 1.10 bits per heavy atom. The molecular weight excluding hydrogens is 326 g/mol. The second-order valence-corrected chi connectivity index (χ2v) is 6.38. The van der Waals surface area contributed by atoms with Gasteiger partial charge in [-0.25, -0.2) is 12.8 Å². The predicted molar refractivity (Wildman–Crippen MR) is 78.1 cm³/mol. The normalized spacial score (nSPS) is 11.3. The first kappa shape index (κ1) is 14.9. The molecule has 3 N–H and O–H groups in total. The standard InChI is InChI=1S/C12H9Cl2FN2O2S/c13-8-2-1-3-9(14)12(8)17-20(18,19)7-4-5-10(15)11(16)6-7/h1-6,17H,16H2. The van der Waals surface area contributed by atoms with Gasteiger partial charge in [-0.15, -0.1) is 0 Å². The lowest BCUT2D eigenvalue weighted by Crippen LogP contribution is -2.14. The highest BCUT2D eigenvalue weighted by atomic mass is 35.5. The number of hydrogen-bond acceptors (Lipinski definition) is 3. The minimum atomic E-state index is -3.96. The van der Waals surface area contributed by atoms with Gasteiger partial charge in [0.25, 0.3) is 10.0 Å². The van der Waals surface area contributed by atoms with Crippen molar-refractivity contribution < 1.29 is 12.8 Å². The summed E-state index contributed by atoms with van der Waals surface area (Å²) < 4.78 is 39.6. The van der Waals surface area contributed by atoms with E-state index in [1.165, 1.54) is 12.1 Å². The molecule has 0 aromatic heterocycles. The van der Waals surface area contributed by atoms with Crippen LogP contribution in [0.3, 0.4) is 0 Å². The quantitative estimate of drug-likeness (QED) is 0.843. The van der Waals surface area contributed by atoms with Gasteiger partial charge in [0.1, 0.15) is 5.82 Å². The largest absolute Gasteiger partial charge is 0.396 e. The predicted octanol–water partition coefficient (Wildman–Crippen LogP) is 3.52. The van der Waals surface area contributed by atoms with Gasteiger partial charge in [-0.3, -0.25) is 4.72 Å². The Morgan fingerprint density at radius 2 is 1.70 bits per heavy atom. The second-order valence-electron chi connectivity index (χ2n) is 3.89. The molecule has 4 nitrogen and oxygen atoms in total. The molecule has 0 aliphatic heterocycles. The molecule has 8 heteroatoms. The Hall–Kier alpha value is -1.50. The zero-order chi connectivity index (χ0) is 14.9. The Balaban J connectivity index is 2.43. The van der Waals surface area contributed by atoms with Crippen LogP contribution < -0.4 is 10.5 Å². The van der Waals surface area contributed by atoms with Crippen LogP contribution in [0.5, 0.6) is 0 Å². The zero-order valence-corrected chi connectivity index (χ0v) is 12.2. The van der Waals surface area contributed by atoms with Gasteiger partial charge in [-0.05, 0) is 30.3 Å². The number of halogens is 3. The highest BCUT2D eigenvalue weighted by Crippen LogP contribution is 2.32. The molecule has 0 radical (unpaired) electrons. The number of rotatable bonds is 3. The Bertz CT molecular complexity index is 746. The van der Waals surface area contributed by atoms with Gasteiger partial charge in [-0.2, -0.15) is 0 Å². The molecule has 2 aromatic rings. The van der Waals surface area contributed by atoms with Crippen molar-refractivity contribution in [2.75, 3.05) is 10.5 Å². The lowest BCUT2D eigenvalue weighted by Gasteiger charge is -2.11. The monoisotopic (exact) mass is 334 g/mol. The summed E-state index contributed by atoms with van der Waals surface area (Å²) in [6.45, 7) is 0. The lowest BCUT2D eigenvalue weighted by atomic mass is 10.3. The number of nitrogens with two attached hydrogens (primary N) is 1. The van der Waals surface area contributed by atoms with Gasteiger partial charge in [0.05, 0.1) is 26.3 Å². The number of sulfonamides is 1. The molecule has 2 rings (SSSR count). The average molecular weight is 335 g/mol. The molecule has 20 heavy (non-hydrogen) atoms. The van der Waals surface area contributed by atoms with E-state index >= 15 is 0 Å². The van der Waals surface area contributed by atoms with Gasteiger partial charge >= 0.3 is 0 Å². The molecule has 0 atom stereocenters. The van der Waals surface area contributed by atoms with Crippen molar-refractivity contribution in [1.82, 2.24) is 0 Å². The van der Waals surface area contributed by atoms with Gasteiger partial charge in [0.15, 0.2) is 0 Å². The Morgan fingerprint density at radius 3 is 2.25 bits per heavy atom. The third-order valence-electron chi connectivity index (χ3n) is 2.48. The van der Waals surface area contributed by atoms with E-state index in [0.29, 0.717) is 0 Å². The van der Waals surface area contributed by atoms with E-state index in [-0.39, 0.29) is 26.3 Å². The smallest absolute Gasteiger partial charge is 0.262 e. The van der Waals surface area contributed by atoms with Crippen LogP contribution in [0, 0.1) is 5.82 Å². The molecule has 0 fully saturated rings. The van der Waals surface area contributed by atoms with E-state index in [9.17, 15) is 12.8 Å². The van der Waals surface area contributed by atoms with Crippen molar-refractivity contribution in [3.63, 3.8) is 0 Å². The number of nitrogen functional groups attached to an aromatic ring is 1. The summed E-state index contributed by atoms with van der Waals surface area (Å²) in [6.07, 6.45) is 0. The van der Waals surface area contributed by atoms with Gasteiger partial charge < -0.3 is 5.73 Å². The van der Waals surface area contributed by atoms with Crippen LogP contribution in [-0.2, 0) is 10.0 Å². The number of para-hydroxylation sites is 1. The van der Waals surface area contributed by atoms with Gasteiger partial charge in [0, 0.05) is 0 Å². The maximum Gasteiger partial charge on any atom is 0.262 e. The molecule has 106 valence electrons. The Labute approximate surface area is 125 Å². The van der Waals surface area contributed by atoms with Crippen molar-refractivity contribution >= 4 is 44.6 Å². The maximum atomic E-state index is 13.1. The topological polar surface area (TPSA) is 72.2 Å². The van der Waals surface area contributed by atoms with Gasteiger partial charge in [0.2, 0.25) is 0 Å². The molecule has 0 aliphatic rings. The molecule has 0 aliphatic carbocycles. The van der Waals surface area contributed by atoms with Crippen LogP contribution in [0.1, 0.15) is 0 Å². The molecule has 0 bridgehead atoms. The van der Waals surface area contributed by atoms with Crippen LogP contribution in [0.4, 0.5) is 15.8 Å². The number of nitrogens with one attached hydrogen (secondary N) is 1. The molecule has 0 spiro atoms. The summed E-state index contributed by atoms with van der Waals surface area (Å²) in [7, 11) is -3.96. The number of benzene rings is 2. The fraction of sp³-hybridized carbons (Fsp3) is 0. The average Bonchev–Trinajstić information content (AvgIpc) is 2.37. The molecular formula is C12H9Cl2FN2O2S. The summed E-state index contributed by atoms with van der Waals surface area (Å²) in [5.74, 6) is -0.695. The molecule has 0 saturated carbocycles. The lowest BCUT2D eigenvalue weighted by molar-refractivity contribution is 0.600. The minimum absolute atomic E-state index is 0.0544. The van der Waals surface area contributed by atoms with Crippen LogP contribution in [0.2, 0.25) is 10.0 Å². The summed E-state index contributed by atoms with van der Waals surface area (Å²) in [5.41, 5.74) is 5.14. The van der Waals surface area contributed by atoms with E-state index in [0.717, 1.165) is 18.2 Å². The molecule has 0 amide bonds. The van der Waals surface area contributed by atoms with E-state index in [1.54, 1.807) is 6.07 Å². The van der Waals surface area contributed by atoms with E-state index in [4.69, 9.17) is 28.9 Å². The summed E-state index contributed by atoms with van der Waals surface area (Å²) in [6, 6.07) is 7.65. The first-order chi connectivity index (χ1) is 9.31. The Kier molecular flexibility index (Phi) is 4.08. The first-order valence-electron chi connectivity index (χ1n) is 5.33. The van der Waals surface area contributed by atoms with Crippen molar-refractivity contribution in [1.29, 1.82) is 0 Å². The van der Waals surface area contributed by atoms with E-state index in [1.807, 2.05) is 0 Å². The second kappa shape index (κ2) is 5.47. The third-order valence-corrected chi connectivity index (χ3v) is 4.45. The van der Waals surface area contributed by atoms with Crippen molar-refractivity contribution in [2.45, 2.75) is 4.90 Å². The maximum absolute atomic E-state index is 13.1. The summed E-state index contributed by atoms with van der Waals surface area (Å²) >= 11 is 11.8. The van der Waals surface area contributed by atoms with Crippen molar-refractivity contribution in [3.8, 4) is 0 Å². The molecule has 0 heterocycles. The third kappa shape index (κ3) is 2.98. The van der Waals surface area contributed by atoms with Crippen molar-refractivity contribution in [2.24, 2.45) is 0 Å².